The van der Waals surface area contributed by atoms with Crippen molar-refractivity contribution in [1.29, 1.82) is 0 Å². The van der Waals surface area contributed by atoms with Crippen LogP contribution < -0.4 is 0 Å². The van der Waals surface area contributed by atoms with Gasteiger partial charge < -0.3 is 0 Å². The standard InChI is InChI=1S/C13H10F2OS/c1-7-3-4-9(14)12(13(7)15)11-6-5-10(17-11)8(2)16/h3-6H,1-2H3. The molecule has 0 atom stereocenters. The summed E-state index contributed by atoms with van der Waals surface area (Å²) in [5.74, 6) is -1.28. The summed E-state index contributed by atoms with van der Waals surface area (Å²) in [6.07, 6.45) is 0. The molecule has 2 aromatic rings. The lowest BCUT2D eigenvalue weighted by molar-refractivity contribution is 0.102. The molecule has 17 heavy (non-hydrogen) atoms. The topological polar surface area (TPSA) is 17.1 Å². The van der Waals surface area contributed by atoms with Gasteiger partial charge in [-0.05, 0) is 37.6 Å². The average molecular weight is 252 g/mol. The minimum Gasteiger partial charge on any atom is -0.294 e. The summed E-state index contributed by atoms with van der Waals surface area (Å²) in [6, 6.07) is 5.79. The number of hydrogen-bond donors (Lipinski definition) is 0. The molecule has 0 saturated carbocycles. The lowest BCUT2D eigenvalue weighted by Gasteiger charge is -2.04. The van der Waals surface area contributed by atoms with Crippen LogP contribution in [0, 0.1) is 18.6 Å². The number of carbonyl (C=O) groups is 1. The second-order valence-electron chi connectivity index (χ2n) is 3.77. The summed E-state index contributed by atoms with van der Waals surface area (Å²) in [5.41, 5.74) is 0.335. The monoisotopic (exact) mass is 252 g/mol. The molecule has 0 unspecified atom stereocenters. The van der Waals surface area contributed by atoms with Crippen molar-refractivity contribution >= 4 is 17.1 Å². The van der Waals surface area contributed by atoms with Gasteiger partial charge in [0.2, 0.25) is 0 Å². The number of rotatable bonds is 2. The normalized spacial score (nSPS) is 10.6. The van der Waals surface area contributed by atoms with Gasteiger partial charge in [0, 0.05) is 4.88 Å². The zero-order chi connectivity index (χ0) is 12.6. The van der Waals surface area contributed by atoms with Crippen LogP contribution in [-0.2, 0) is 0 Å². The van der Waals surface area contributed by atoms with Crippen LogP contribution in [0.4, 0.5) is 8.78 Å². The maximum atomic E-state index is 13.8. The van der Waals surface area contributed by atoms with Crippen LogP contribution in [0.5, 0.6) is 0 Å². The third-order valence-electron chi connectivity index (χ3n) is 2.48. The van der Waals surface area contributed by atoms with Crippen molar-refractivity contribution in [2.75, 3.05) is 0 Å². The second kappa shape index (κ2) is 4.37. The van der Waals surface area contributed by atoms with E-state index >= 15 is 0 Å². The molecule has 1 aromatic carbocycles. The van der Waals surface area contributed by atoms with Crippen LogP contribution >= 0.6 is 11.3 Å². The molecule has 0 saturated heterocycles. The minimum absolute atomic E-state index is 0.0532. The van der Waals surface area contributed by atoms with Gasteiger partial charge in [0.05, 0.1) is 10.4 Å². The fraction of sp³-hybridized carbons (Fsp3) is 0.154. The van der Waals surface area contributed by atoms with E-state index in [-0.39, 0.29) is 11.3 Å². The Bertz CT molecular complexity index is 587. The van der Waals surface area contributed by atoms with E-state index in [1.807, 2.05) is 0 Å². The SMILES string of the molecule is CC(=O)c1ccc(-c2c(F)ccc(C)c2F)s1. The van der Waals surface area contributed by atoms with Crippen molar-refractivity contribution in [2.24, 2.45) is 0 Å². The molecule has 88 valence electrons. The molecule has 1 aromatic heterocycles. The van der Waals surface area contributed by atoms with Crippen molar-refractivity contribution in [2.45, 2.75) is 13.8 Å². The zero-order valence-electron chi connectivity index (χ0n) is 9.38. The fourth-order valence-corrected chi connectivity index (χ4v) is 2.49. The van der Waals surface area contributed by atoms with Crippen molar-refractivity contribution in [3.63, 3.8) is 0 Å². The molecule has 0 bridgehead atoms. The number of hydrogen-bond acceptors (Lipinski definition) is 2. The first-order valence-corrected chi connectivity index (χ1v) is 5.88. The molecule has 2 rings (SSSR count). The molecule has 0 amide bonds. The second-order valence-corrected chi connectivity index (χ2v) is 4.86. The van der Waals surface area contributed by atoms with Crippen LogP contribution in [0.3, 0.4) is 0 Å². The Morgan fingerprint density at radius 1 is 1.18 bits per heavy atom. The van der Waals surface area contributed by atoms with Crippen LogP contribution in [0.25, 0.3) is 10.4 Å². The highest BCUT2D eigenvalue weighted by Crippen LogP contribution is 2.33. The fourth-order valence-electron chi connectivity index (χ4n) is 1.54. The number of Topliss-reactive ketones (excluding diaryl/α,β-unsaturated/α-hetero) is 1. The van der Waals surface area contributed by atoms with Crippen LogP contribution in [0.1, 0.15) is 22.2 Å². The van der Waals surface area contributed by atoms with Gasteiger partial charge in [-0.2, -0.15) is 0 Å². The van der Waals surface area contributed by atoms with E-state index in [2.05, 4.69) is 0 Å². The quantitative estimate of drug-likeness (QED) is 0.732. The van der Waals surface area contributed by atoms with Gasteiger partial charge in [0.15, 0.2) is 5.78 Å². The van der Waals surface area contributed by atoms with Crippen LogP contribution in [0.2, 0.25) is 0 Å². The molecule has 0 radical (unpaired) electrons. The Balaban J connectivity index is 2.60. The molecule has 0 aliphatic rings. The van der Waals surface area contributed by atoms with Gasteiger partial charge in [-0.15, -0.1) is 11.3 Å². The summed E-state index contributed by atoms with van der Waals surface area (Å²) in [6.45, 7) is 3.01. The van der Waals surface area contributed by atoms with Crippen molar-refractivity contribution in [3.8, 4) is 10.4 Å². The largest absolute Gasteiger partial charge is 0.294 e. The number of benzene rings is 1. The Kier molecular flexibility index (Phi) is 3.07. The molecule has 0 N–H and O–H groups in total. The Morgan fingerprint density at radius 2 is 1.88 bits per heavy atom. The lowest BCUT2D eigenvalue weighted by Crippen LogP contribution is -1.91. The number of ketones is 1. The van der Waals surface area contributed by atoms with E-state index in [0.29, 0.717) is 15.3 Å². The van der Waals surface area contributed by atoms with Crippen LogP contribution in [0.15, 0.2) is 24.3 Å². The number of aryl methyl sites for hydroxylation is 1. The van der Waals surface area contributed by atoms with Crippen molar-refractivity contribution < 1.29 is 13.6 Å². The first kappa shape index (κ1) is 11.9. The molecule has 0 spiro atoms. The highest BCUT2D eigenvalue weighted by atomic mass is 32.1. The van der Waals surface area contributed by atoms with Gasteiger partial charge >= 0.3 is 0 Å². The van der Waals surface area contributed by atoms with E-state index in [1.165, 1.54) is 19.1 Å². The van der Waals surface area contributed by atoms with Crippen molar-refractivity contribution in [3.05, 3.63) is 46.3 Å². The predicted octanol–water partition coefficient (Wildman–Crippen LogP) is 4.20. The number of halogens is 2. The zero-order valence-corrected chi connectivity index (χ0v) is 10.2. The molecular weight excluding hydrogens is 242 g/mol. The maximum absolute atomic E-state index is 13.8. The van der Waals surface area contributed by atoms with E-state index in [1.54, 1.807) is 19.1 Å². The molecule has 4 heteroatoms. The molecule has 0 aliphatic heterocycles. The predicted molar refractivity (Wildman–Crippen MR) is 64.4 cm³/mol. The van der Waals surface area contributed by atoms with E-state index in [0.717, 1.165) is 11.3 Å². The molecule has 0 fully saturated rings. The molecule has 1 heterocycles. The van der Waals surface area contributed by atoms with E-state index in [4.69, 9.17) is 0 Å². The summed E-state index contributed by atoms with van der Waals surface area (Å²) < 4.78 is 27.4. The van der Waals surface area contributed by atoms with E-state index < -0.39 is 11.6 Å². The lowest BCUT2D eigenvalue weighted by atomic mass is 10.1. The van der Waals surface area contributed by atoms with Crippen molar-refractivity contribution in [1.82, 2.24) is 0 Å². The Hall–Kier alpha value is -1.55. The maximum Gasteiger partial charge on any atom is 0.169 e. The van der Waals surface area contributed by atoms with Crippen LogP contribution in [-0.4, -0.2) is 5.78 Å². The first-order chi connectivity index (χ1) is 8.00. The smallest absolute Gasteiger partial charge is 0.169 e. The molecular formula is C13H10F2OS. The molecule has 1 nitrogen and oxygen atoms in total. The van der Waals surface area contributed by atoms with Gasteiger partial charge in [0.1, 0.15) is 11.6 Å². The minimum atomic E-state index is -0.606. The van der Waals surface area contributed by atoms with Gasteiger partial charge in [-0.1, -0.05) is 6.07 Å². The summed E-state index contributed by atoms with van der Waals surface area (Å²) >= 11 is 1.10. The van der Waals surface area contributed by atoms with E-state index in [9.17, 15) is 13.6 Å². The van der Waals surface area contributed by atoms with Gasteiger partial charge in [-0.25, -0.2) is 8.78 Å². The third-order valence-corrected chi connectivity index (χ3v) is 3.69. The number of carbonyl (C=O) groups excluding carboxylic acids is 1. The summed E-state index contributed by atoms with van der Waals surface area (Å²) in [4.78, 5) is 12.1. The van der Waals surface area contributed by atoms with Gasteiger partial charge in [0.25, 0.3) is 0 Å². The average Bonchev–Trinajstić information content (AvgIpc) is 2.73. The summed E-state index contributed by atoms with van der Waals surface area (Å²) in [5, 5.41) is 0. The number of thiophene rings is 1. The Labute approximate surface area is 102 Å². The first-order valence-electron chi connectivity index (χ1n) is 5.06. The third kappa shape index (κ3) is 2.13. The highest BCUT2D eigenvalue weighted by molar-refractivity contribution is 7.17. The molecule has 0 aliphatic carbocycles. The highest BCUT2D eigenvalue weighted by Gasteiger charge is 2.16. The summed E-state index contributed by atoms with van der Waals surface area (Å²) in [7, 11) is 0. The Morgan fingerprint density at radius 3 is 2.47 bits per heavy atom. The van der Waals surface area contributed by atoms with Gasteiger partial charge in [-0.3, -0.25) is 4.79 Å².